The summed E-state index contributed by atoms with van der Waals surface area (Å²) in [5.74, 6) is -0.0807. The standard InChI is InChI=1S/C20H24O2/c1-4-19(2,3)18(21)22-20(12-7-13-20)17-11-10-15-8-5-6-9-16(15)14-17/h5-6,8-11,14H,4,7,12-13H2,1-3H3. The number of esters is 1. The van der Waals surface area contributed by atoms with Crippen molar-refractivity contribution in [2.45, 2.75) is 52.1 Å². The summed E-state index contributed by atoms with van der Waals surface area (Å²) in [7, 11) is 0. The molecule has 2 aromatic carbocycles. The SMILES string of the molecule is CCC(C)(C)C(=O)OC1(c2ccc3ccccc3c2)CCC1. The predicted octanol–water partition coefficient (Wildman–Crippen LogP) is 5.20. The van der Waals surface area contributed by atoms with Crippen molar-refractivity contribution in [3.05, 3.63) is 48.0 Å². The summed E-state index contributed by atoms with van der Waals surface area (Å²) < 4.78 is 6.03. The van der Waals surface area contributed by atoms with Gasteiger partial charge in [-0.1, -0.05) is 43.3 Å². The Labute approximate surface area is 132 Å². The third-order valence-electron chi connectivity index (χ3n) is 5.16. The van der Waals surface area contributed by atoms with Crippen LogP contribution in [-0.2, 0) is 15.1 Å². The molecule has 2 aromatic rings. The average Bonchev–Trinajstić information content (AvgIpc) is 2.50. The molecular formula is C20H24O2. The Bertz CT molecular complexity index is 696. The van der Waals surface area contributed by atoms with Gasteiger partial charge in [0.05, 0.1) is 5.41 Å². The molecule has 0 unspecified atom stereocenters. The van der Waals surface area contributed by atoms with Crippen molar-refractivity contribution >= 4 is 16.7 Å². The molecule has 0 saturated heterocycles. The zero-order valence-corrected chi connectivity index (χ0v) is 13.7. The Morgan fingerprint density at radius 1 is 1.14 bits per heavy atom. The van der Waals surface area contributed by atoms with Crippen molar-refractivity contribution in [2.75, 3.05) is 0 Å². The highest BCUT2D eigenvalue weighted by molar-refractivity contribution is 5.83. The lowest BCUT2D eigenvalue weighted by Crippen LogP contribution is -2.42. The molecule has 3 rings (SSSR count). The molecule has 1 saturated carbocycles. The lowest BCUT2D eigenvalue weighted by atomic mass is 9.74. The van der Waals surface area contributed by atoms with Gasteiger partial charge in [0.2, 0.25) is 0 Å². The maximum atomic E-state index is 12.5. The topological polar surface area (TPSA) is 26.3 Å². The highest BCUT2D eigenvalue weighted by Crippen LogP contribution is 2.46. The molecule has 2 nitrogen and oxygen atoms in total. The number of hydrogen-bond acceptors (Lipinski definition) is 2. The van der Waals surface area contributed by atoms with E-state index in [1.54, 1.807) is 0 Å². The van der Waals surface area contributed by atoms with Gasteiger partial charge in [-0.25, -0.2) is 0 Å². The Morgan fingerprint density at radius 2 is 1.82 bits per heavy atom. The van der Waals surface area contributed by atoms with E-state index in [0.29, 0.717) is 0 Å². The number of hydrogen-bond donors (Lipinski definition) is 0. The normalized spacial score (nSPS) is 17.0. The van der Waals surface area contributed by atoms with E-state index in [-0.39, 0.29) is 5.97 Å². The Kier molecular flexibility index (Phi) is 3.72. The fourth-order valence-electron chi connectivity index (χ4n) is 2.88. The van der Waals surface area contributed by atoms with E-state index in [1.807, 2.05) is 32.9 Å². The molecule has 0 radical (unpaired) electrons. The average molecular weight is 296 g/mol. The molecule has 0 bridgehead atoms. The van der Waals surface area contributed by atoms with Gasteiger partial charge >= 0.3 is 5.97 Å². The molecule has 0 aliphatic heterocycles. The van der Waals surface area contributed by atoms with Crippen LogP contribution < -0.4 is 0 Å². The van der Waals surface area contributed by atoms with E-state index in [1.165, 1.54) is 10.8 Å². The molecule has 0 N–H and O–H groups in total. The summed E-state index contributed by atoms with van der Waals surface area (Å²) in [6, 6.07) is 14.7. The van der Waals surface area contributed by atoms with Crippen LogP contribution in [0.3, 0.4) is 0 Å². The lowest BCUT2D eigenvalue weighted by Gasteiger charge is -2.43. The van der Waals surface area contributed by atoms with E-state index in [9.17, 15) is 4.79 Å². The van der Waals surface area contributed by atoms with Crippen molar-refractivity contribution in [3.63, 3.8) is 0 Å². The molecule has 22 heavy (non-hydrogen) atoms. The maximum absolute atomic E-state index is 12.5. The second kappa shape index (κ2) is 5.42. The minimum atomic E-state index is -0.417. The first-order valence-electron chi connectivity index (χ1n) is 8.20. The number of fused-ring (bicyclic) bond motifs is 1. The van der Waals surface area contributed by atoms with Crippen LogP contribution in [0.1, 0.15) is 52.0 Å². The molecule has 0 spiro atoms. The van der Waals surface area contributed by atoms with Crippen LogP contribution >= 0.6 is 0 Å². The molecule has 0 atom stereocenters. The first kappa shape index (κ1) is 15.1. The van der Waals surface area contributed by atoms with Crippen molar-refractivity contribution < 1.29 is 9.53 Å². The van der Waals surface area contributed by atoms with Crippen molar-refractivity contribution in [1.29, 1.82) is 0 Å². The van der Waals surface area contributed by atoms with Crippen LogP contribution in [0.2, 0.25) is 0 Å². The Morgan fingerprint density at radius 3 is 2.41 bits per heavy atom. The molecule has 0 aromatic heterocycles. The largest absolute Gasteiger partial charge is 0.454 e. The minimum absolute atomic E-state index is 0.0807. The molecule has 1 fully saturated rings. The van der Waals surface area contributed by atoms with E-state index < -0.39 is 11.0 Å². The minimum Gasteiger partial charge on any atom is -0.454 e. The quantitative estimate of drug-likeness (QED) is 0.725. The zero-order chi connectivity index (χ0) is 15.8. The first-order valence-corrected chi connectivity index (χ1v) is 8.20. The molecule has 1 aliphatic rings. The summed E-state index contributed by atoms with van der Waals surface area (Å²) in [4.78, 5) is 12.5. The van der Waals surface area contributed by atoms with Crippen LogP contribution in [0.5, 0.6) is 0 Å². The van der Waals surface area contributed by atoms with Gasteiger partial charge in [0.1, 0.15) is 5.60 Å². The summed E-state index contributed by atoms with van der Waals surface area (Å²) >= 11 is 0. The summed E-state index contributed by atoms with van der Waals surface area (Å²) in [6.45, 7) is 5.95. The molecular weight excluding hydrogens is 272 g/mol. The van der Waals surface area contributed by atoms with Gasteiger partial charge in [0.15, 0.2) is 0 Å². The first-order chi connectivity index (χ1) is 10.5. The van der Waals surface area contributed by atoms with Gasteiger partial charge < -0.3 is 4.74 Å². The Balaban J connectivity index is 1.93. The van der Waals surface area contributed by atoms with Gasteiger partial charge in [-0.3, -0.25) is 4.79 Å². The third kappa shape index (κ3) is 2.51. The number of carbonyl (C=O) groups is 1. The van der Waals surface area contributed by atoms with Crippen LogP contribution in [0.25, 0.3) is 10.8 Å². The van der Waals surface area contributed by atoms with Crippen molar-refractivity contribution in [1.82, 2.24) is 0 Å². The third-order valence-corrected chi connectivity index (χ3v) is 5.16. The fourth-order valence-corrected chi connectivity index (χ4v) is 2.88. The van der Waals surface area contributed by atoms with E-state index in [4.69, 9.17) is 4.74 Å². The maximum Gasteiger partial charge on any atom is 0.312 e. The number of carbonyl (C=O) groups excluding carboxylic acids is 1. The van der Waals surface area contributed by atoms with Crippen LogP contribution in [0.15, 0.2) is 42.5 Å². The highest BCUT2D eigenvalue weighted by Gasteiger charge is 2.45. The van der Waals surface area contributed by atoms with E-state index in [0.717, 1.165) is 31.2 Å². The number of rotatable bonds is 4. The van der Waals surface area contributed by atoms with Crippen molar-refractivity contribution in [3.8, 4) is 0 Å². The van der Waals surface area contributed by atoms with Crippen LogP contribution in [-0.4, -0.2) is 5.97 Å². The highest BCUT2D eigenvalue weighted by atomic mass is 16.6. The molecule has 1 aliphatic carbocycles. The monoisotopic (exact) mass is 296 g/mol. The van der Waals surface area contributed by atoms with Gasteiger partial charge in [-0.2, -0.15) is 0 Å². The van der Waals surface area contributed by atoms with Gasteiger partial charge in [0.25, 0.3) is 0 Å². The number of ether oxygens (including phenoxy) is 1. The molecule has 0 amide bonds. The van der Waals surface area contributed by atoms with Gasteiger partial charge in [-0.05, 0) is 61.9 Å². The molecule has 0 heterocycles. The second-order valence-corrected chi connectivity index (χ2v) is 7.04. The summed E-state index contributed by atoms with van der Waals surface area (Å²) in [5, 5.41) is 2.43. The summed E-state index contributed by atoms with van der Waals surface area (Å²) in [6.07, 6.45) is 3.76. The fraction of sp³-hybridized carbons (Fsp3) is 0.450. The van der Waals surface area contributed by atoms with Gasteiger partial charge in [0, 0.05) is 0 Å². The molecule has 116 valence electrons. The van der Waals surface area contributed by atoms with Crippen molar-refractivity contribution in [2.24, 2.45) is 5.41 Å². The Hall–Kier alpha value is -1.83. The number of benzene rings is 2. The zero-order valence-electron chi connectivity index (χ0n) is 13.7. The predicted molar refractivity (Wildman–Crippen MR) is 89.6 cm³/mol. The van der Waals surface area contributed by atoms with E-state index >= 15 is 0 Å². The lowest BCUT2D eigenvalue weighted by molar-refractivity contribution is -0.182. The smallest absolute Gasteiger partial charge is 0.312 e. The van der Waals surface area contributed by atoms with Crippen LogP contribution in [0.4, 0.5) is 0 Å². The van der Waals surface area contributed by atoms with Gasteiger partial charge in [-0.15, -0.1) is 0 Å². The molecule has 2 heteroatoms. The summed E-state index contributed by atoms with van der Waals surface area (Å²) in [5.41, 5.74) is 0.310. The van der Waals surface area contributed by atoms with E-state index in [2.05, 4.69) is 30.3 Å². The van der Waals surface area contributed by atoms with Crippen LogP contribution in [0, 0.1) is 5.41 Å². The second-order valence-electron chi connectivity index (χ2n) is 7.04.